The van der Waals surface area contributed by atoms with Gasteiger partial charge in [-0.25, -0.2) is 4.99 Å². The van der Waals surface area contributed by atoms with Crippen LogP contribution in [0.5, 0.6) is 0 Å². The van der Waals surface area contributed by atoms with Crippen LogP contribution in [-0.4, -0.2) is 76.7 Å². The van der Waals surface area contributed by atoms with Gasteiger partial charge >= 0.3 is 0 Å². The molecule has 0 bridgehead atoms. The Bertz CT molecular complexity index is 795. The van der Waals surface area contributed by atoms with Gasteiger partial charge in [0.15, 0.2) is 11.8 Å². The number of ether oxygens (including phenoxy) is 1. The molecule has 10 nitrogen and oxygen atoms in total. The van der Waals surface area contributed by atoms with Crippen LogP contribution < -0.4 is 10.6 Å². The lowest BCUT2D eigenvalue weighted by Crippen LogP contribution is -2.45. The Morgan fingerprint density at radius 2 is 2.10 bits per heavy atom. The molecule has 0 aliphatic carbocycles. The maximum Gasteiger partial charge on any atom is 0.191 e. The molecule has 1 saturated heterocycles. The Hall–Kier alpha value is -2.43. The molecule has 166 valence electrons. The van der Waals surface area contributed by atoms with E-state index in [-0.39, 0.29) is 6.54 Å². The molecule has 1 aliphatic rings. The molecule has 1 atom stereocenters. The third kappa shape index (κ3) is 6.28. The fraction of sp³-hybridized carbons (Fsp3) is 0.650. The first-order valence-corrected chi connectivity index (χ1v) is 10.4. The minimum atomic E-state index is -1.15. The Kier molecular flexibility index (Phi) is 7.83. The summed E-state index contributed by atoms with van der Waals surface area (Å²) in [6.45, 7) is 9.62. The lowest BCUT2D eigenvalue weighted by molar-refractivity contribution is 0.0374. The Morgan fingerprint density at radius 1 is 1.30 bits per heavy atom. The number of hydrogen-bond acceptors (Lipinski definition) is 7. The van der Waals surface area contributed by atoms with Crippen molar-refractivity contribution >= 4 is 5.96 Å². The summed E-state index contributed by atoms with van der Waals surface area (Å²) in [5.74, 6) is 2.74. The fourth-order valence-corrected chi connectivity index (χ4v) is 3.17. The van der Waals surface area contributed by atoms with Gasteiger partial charge in [-0.1, -0.05) is 0 Å². The highest BCUT2D eigenvalue weighted by Crippen LogP contribution is 2.19. The van der Waals surface area contributed by atoms with E-state index in [1.807, 2.05) is 18.5 Å². The summed E-state index contributed by atoms with van der Waals surface area (Å²) in [6.07, 6.45) is 2.54. The molecule has 30 heavy (non-hydrogen) atoms. The van der Waals surface area contributed by atoms with E-state index in [0.717, 1.165) is 57.5 Å². The van der Waals surface area contributed by atoms with E-state index >= 15 is 0 Å². The van der Waals surface area contributed by atoms with Crippen molar-refractivity contribution in [3.63, 3.8) is 0 Å². The number of nitrogens with zero attached hydrogens (tertiary/aromatic N) is 5. The van der Waals surface area contributed by atoms with Gasteiger partial charge in [0.05, 0.1) is 26.0 Å². The second-order valence-electron chi connectivity index (χ2n) is 7.73. The van der Waals surface area contributed by atoms with Crippen molar-refractivity contribution in [3.8, 4) is 0 Å². The highest BCUT2D eigenvalue weighted by molar-refractivity contribution is 5.79. The molecule has 2 aromatic heterocycles. The Morgan fingerprint density at radius 3 is 2.77 bits per heavy atom. The molecule has 3 rings (SSSR count). The molecule has 10 heteroatoms. The predicted octanol–water partition coefficient (Wildman–Crippen LogP) is 0.382. The zero-order valence-electron chi connectivity index (χ0n) is 18.1. The monoisotopic (exact) mass is 419 g/mol. The molecule has 0 radical (unpaired) electrons. The summed E-state index contributed by atoms with van der Waals surface area (Å²) in [5, 5.41) is 25.5. The summed E-state index contributed by atoms with van der Waals surface area (Å²) in [7, 11) is 1.92. The van der Waals surface area contributed by atoms with E-state index in [9.17, 15) is 5.11 Å². The lowest BCUT2D eigenvalue weighted by Gasteiger charge is -2.26. The van der Waals surface area contributed by atoms with Crippen molar-refractivity contribution in [2.45, 2.75) is 32.4 Å². The van der Waals surface area contributed by atoms with Crippen molar-refractivity contribution in [3.05, 3.63) is 35.8 Å². The van der Waals surface area contributed by atoms with Crippen LogP contribution in [0.1, 0.15) is 30.8 Å². The van der Waals surface area contributed by atoms with Crippen molar-refractivity contribution < 1.29 is 14.3 Å². The predicted molar refractivity (Wildman–Crippen MR) is 113 cm³/mol. The van der Waals surface area contributed by atoms with Crippen LogP contribution in [0.2, 0.25) is 0 Å². The van der Waals surface area contributed by atoms with Gasteiger partial charge in [0.1, 0.15) is 23.7 Å². The van der Waals surface area contributed by atoms with Gasteiger partial charge in [0, 0.05) is 26.7 Å². The van der Waals surface area contributed by atoms with Crippen molar-refractivity contribution in [2.24, 2.45) is 12.0 Å². The second-order valence-corrected chi connectivity index (χ2v) is 7.73. The number of aryl methyl sites for hydroxylation is 1. The van der Waals surface area contributed by atoms with Crippen LogP contribution in [0.4, 0.5) is 0 Å². The normalized spacial score (nSPS) is 17.7. The highest BCUT2D eigenvalue weighted by atomic mass is 16.5. The number of nitrogens with one attached hydrogen (secondary N) is 2. The van der Waals surface area contributed by atoms with E-state index in [1.54, 1.807) is 25.3 Å². The number of rotatable bonds is 9. The first-order chi connectivity index (χ1) is 14.5. The van der Waals surface area contributed by atoms with E-state index in [2.05, 4.69) is 30.7 Å². The van der Waals surface area contributed by atoms with Gasteiger partial charge in [-0.2, -0.15) is 0 Å². The summed E-state index contributed by atoms with van der Waals surface area (Å²) < 4.78 is 12.7. The molecule has 0 aromatic carbocycles. The average molecular weight is 420 g/mol. The molecule has 0 spiro atoms. The minimum absolute atomic E-state index is 0.258. The van der Waals surface area contributed by atoms with E-state index in [1.165, 1.54) is 0 Å². The minimum Gasteiger partial charge on any atom is -0.466 e. The summed E-state index contributed by atoms with van der Waals surface area (Å²) in [5.41, 5.74) is -1.15. The highest BCUT2D eigenvalue weighted by Gasteiger charge is 2.26. The van der Waals surface area contributed by atoms with Gasteiger partial charge in [-0.05, 0) is 38.9 Å². The summed E-state index contributed by atoms with van der Waals surface area (Å²) in [4.78, 5) is 7.03. The number of aliphatic imine (C=N–C) groups is 1. The number of morpholine rings is 1. The van der Waals surface area contributed by atoms with Crippen molar-refractivity contribution in [2.75, 3.05) is 45.9 Å². The van der Waals surface area contributed by atoms with Crippen LogP contribution in [0, 0.1) is 6.92 Å². The van der Waals surface area contributed by atoms with Crippen molar-refractivity contribution in [1.82, 2.24) is 30.3 Å². The molecule has 2 aromatic rings. The van der Waals surface area contributed by atoms with Crippen LogP contribution >= 0.6 is 0 Å². The first kappa shape index (κ1) is 22.3. The quantitative estimate of drug-likeness (QED) is 0.304. The fourth-order valence-electron chi connectivity index (χ4n) is 3.17. The van der Waals surface area contributed by atoms with Crippen molar-refractivity contribution in [1.29, 1.82) is 0 Å². The second kappa shape index (κ2) is 10.6. The summed E-state index contributed by atoms with van der Waals surface area (Å²) >= 11 is 0. The first-order valence-electron chi connectivity index (χ1n) is 10.4. The van der Waals surface area contributed by atoms with Gasteiger partial charge in [-0.15, -0.1) is 10.2 Å². The molecule has 3 heterocycles. The smallest absolute Gasteiger partial charge is 0.191 e. The Balaban J connectivity index is 1.55. The topological polar surface area (TPSA) is 113 Å². The lowest BCUT2D eigenvalue weighted by atomic mass is 10.0. The molecule has 3 N–H and O–H groups in total. The molecule has 1 unspecified atom stereocenters. The van der Waals surface area contributed by atoms with E-state index < -0.39 is 5.60 Å². The molecule has 0 amide bonds. The molecule has 1 aliphatic heterocycles. The number of aromatic nitrogens is 3. The van der Waals surface area contributed by atoms with Crippen LogP contribution in [0.3, 0.4) is 0 Å². The molecule has 1 fully saturated rings. The molecular weight excluding hydrogens is 386 g/mol. The third-order valence-electron chi connectivity index (χ3n) is 5.26. The molecular formula is C20H33N7O3. The number of furan rings is 1. The summed E-state index contributed by atoms with van der Waals surface area (Å²) in [6, 6.07) is 3.52. The Labute approximate surface area is 177 Å². The average Bonchev–Trinajstić information content (AvgIpc) is 3.40. The van der Waals surface area contributed by atoms with E-state index in [0.29, 0.717) is 18.3 Å². The third-order valence-corrected chi connectivity index (χ3v) is 5.26. The van der Waals surface area contributed by atoms with Gasteiger partial charge < -0.3 is 29.5 Å². The molecule has 0 saturated carbocycles. The maximum absolute atomic E-state index is 10.7. The zero-order valence-corrected chi connectivity index (χ0v) is 18.1. The number of hydrogen-bond donors (Lipinski definition) is 3. The standard InChI is InChI=1S/C20H33N7O3/c1-16-24-25-18(26(16)3)14-22-19(21-7-5-8-27-9-12-29-13-10-27)23-15-20(2,28)17-6-4-11-30-17/h4,6,11,28H,5,7-10,12-15H2,1-3H3,(H2,21,22,23). The SMILES string of the molecule is Cc1nnc(CN=C(NCCCN2CCOCC2)NCC(C)(O)c2ccco2)n1C. The largest absolute Gasteiger partial charge is 0.466 e. The van der Waals surface area contributed by atoms with E-state index in [4.69, 9.17) is 9.15 Å². The number of guanidine groups is 1. The van der Waals surface area contributed by atoms with Crippen LogP contribution in [0.25, 0.3) is 0 Å². The van der Waals surface area contributed by atoms with Gasteiger partial charge in [0.2, 0.25) is 0 Å². The van der Waals surface area contributed by atoms with Gasteiger partial charge in [0.25, 0.3) is 0 Å². The maximum atomic E-state index is 10.7. The van der Waals surface area contributed by atoms with Crippen LogP contribution in [0.15, 0.2) is 27.8 Å². The van der Waals surface area contributed by atoms with Crippen LogP contribution in [-0.2, 0) is 23.9 Å². The van der Waals surface area contributed by atoms with Gasteiger partial charge in [-0.3, -0.25) is 4.90 Å². The number of aliphatic hydroxyl groups is 1. The zero-order chi connectivity index (χ0) is 21.4.